The first-order valence-electron chi connectivity index (χ1n) is 6.54. The zero-order valence-electron chi connectivity index (χ0n) is 11.8. The molecule has 0 fully saturated rings. The van der Waals surface area contributed by atoms with Gasteiger partial charge in [-0.1, -0.05) is 19.1 Å². The van der Waals surface area contributed by atoms with E-state index in [1.54, 1.807) is 7.11 Å². The van der Waals surface area contributed by atoms with Gasteiger partial charge in [0.1, 0.15) is 17.2 Å². The largest absolute Gasteiger partial charge is 0.496 e. The summed E-state index contributed by atoms with van der Waals surface area (Å²) >= 11 is 6.90. The number of methoxy groups -OCH3 is 1. The first-order valence-corrected chi connectivity index (χ1v) is 8.12. The Hall–Kier alpha value is -1.04. The van der Waals surface area contributed by atoms with Gasteiger partial charge in [0.25, 0.3) is 0 Å². The summed E-state index contributed by atoms with van der Waals surface area (Å²) in [5, 5.41) is 9.78. The molecule has 0 aromatic heterocycles. The average Bonchev–Trinajstić information content (AvgIpc) is 2.50. The number of ether oxygens (including phenoxy) is 2. The van der Waals surface area contributed by atoms with Gasteiger partial charge in [-0.2, -0.15) is 0 Å². The van der Waals surface area contributed by atoms with Crippen LogP contribution < -0.4 is 9.47 Å². The summed E-state index contributed by atoms with van der Waals surface area (Å²) in [6, 6.07) is 11.1. The van der Waals surface area contributed by atoms with Gasteiger partial charge in [-0.05, 0) is 68.1 Å². The molecule has 2 aromatic carbocycles. The van der Waals surface area contributed by atoms with Gasteiger partial charge >= 0.3 is 0 Å². The maximum atomic E-state index is 9.78. The maximum absolute atomic E-state index is 9.78. The third-order valence-corrected chi connectivity index (χ3v) is 4.33. The predicted molar refractivity (Wildman–Crippen MR) is 90.2 cm³/mol. The van der Waals surface area contributed by atoms with Gasteiger partial charge in [0.05, 0.1) is 22.2 Å². The van der Waals surface area contributed by atoms with E-state index in [1.807, 2.05) is 43.3 Å². The molecule has 0 bridgehead atoms. The highest BCUT2D eigenvalue weighted by atomic mass is 79.9. The van der Waals surface area contributed by atoms with Crippen LogP contribution in [0.2, 0.25) is 0 Å². The zero-order valence-corrected chi connectivity index (χ0v) is 14.9. The molecular weight excluding hydrogens is 400 g/mol. The minimum absolute atomic E-state index is 0.430. The molecule has 1 unspecified atom stereocenters. The molecule has 0 spiro atoms. The molecule has 0 saturated heterocycles. The summed E-state index contributed by atoms with van der Waals surface area (Å²) in [4.78, 5) is 0. The number of halogens is 2. The Bertz CT molecular complexity index is 612. The Balaban J connectivity index is 2.20. The molecule has 1 N–H and O–H groups in total. The van der Waals surface area contributed by atoms with Crippen molar-refractivity contribution in [1.29, 1.82) is 0 Å². The van der Waals surface area contributed by atoms with Gasteiger partial charge in [0, 0.05) is 0 Å². The summed E-state index contributed by atoms with van der Waals surface area (Å²) in [5.74, 6) is 2.13. The van der Waals surface area contributed by atoms with E-state index in [-0.39, 0.29) is 0 Å². The third kappa shape index (κ3) is 3.99. The molecule has 0 aliphatic carbocycles. The van der Waals surface area contributed by atoms with Crippen LogP contribution in [0.3, 0.4) is 0 Å². The van der Waals surface area contributed by atoms with Crippen LogP contribution in [0.1, 0.15) is 25.0 Å². The van der Waals surface area contributed by atoms with E-state index < -0.39 is 6.10 Å². The Morgan fingerprint density at radius 2 is 1.62 bits per heavy atom. The summed E-state index contributed by atoms with van der Waals surface area (Å²) in [6.07, 6.45) is 0.262. The molecule has 21 heavy (non-hydrogen) atoms. The van der Waals surface area contributed by atoms with Crippen molar-refractivity contribution in [3.05, 3.63) is 50.9 Å². The summed E-state index contributed by atoms with van der Waals surface area (Å²) in [6.45, 7) is 1.95. The summed E-state index contributed by atoms with van der Waals surface area (Å²) in [5.41, 5.74) is 0.889. The first kappa shape index (κ1) is 16.3. The lowest BCUT2D eigenvalue weighted by Gasteiger charge is -2.12. The Morgan fingerprint density at radius 3 is 2.19 bits per heavy atom. The highest BCUT2D eigenvalue weighted by Crippen LogP contribution is 2.38. The van der Waals surface area contributed by atoms with Crippen LogP contribution in [-0.2, 0) is 0 Å². The van der Waals surface area contributed by atoms with Crippen LogP contribution >= 0.6 is 31.9 Å². The van der Waals surface area contributed by atoms with Crippen molar-refractivity contribution >= 4 is 31.9 Å². The van der Waals surface area contributed by atoms with E-state index in [9.17, 15) is 5.11 Å². The monoisotopic (exact) mass is 414 g/mol. The van der Waals surface area contributed by atoms with Crippen molar-refractivity contribution in [3.8, 4) is 17.2 Å². The van der Waals surface area contributed by atoms with Crippen LogP contribution in [0.5, 0.6) is 17.2 Å². The molecule has 1 atom stereocenters. The van der Waals surface area contributed by atoms with Crippen LogP contribution in [0.4, 0.5) is 0 Å². The normalized spacial score (nSPS) is 12.0. The minimum atomic E-state index is -0.430. The number of benzene rings is 2. The van der Waals surface area contributed by atoms with E-state index in [2.05, 4.69) is 31.9 Å². The predicted octanol–water partition coefficient (Wildman–Crippen LogP) is 5.46. The second kappa shape index (κ2) is 7.29. The lowest BCUT2D eigenvalue weighted by molar-refractivity contribution is 0.173. The van der Waals surface area contributed by atoms with Gasteiger partial charge in [-0.25, -0.2) is 0 Å². The molecule has 0 saturated carbocycles. The Morgan fingerprint density at radius 1 is 1.05 bits per heavy atom. The number of rotatable bonds is 5. The van der Waals surface area contributed by atoms with Gasteiger partial charge < -0.3 is 14.6 Å². The molecule has 0 heterocycles. The van der Waals surface area contributed by atoms with Crippen LogP contribution in [0.15, 0.2) is 45.3 Å². The van der Waals surface area contributed by atoms with E-state index >= 15 is 0 Å². The molecular formula is C16H16Br2O3. The van der Waals surface area contributed by atoms with E-state index in [4.69, 9.17) is 9.47 Å². The van der Waals surface area contributed by atoms with Crippen molar-refractivity contribution < 1.29 is 14.6 Å². The third-order valence-electron chi connectivity index (χ3n) is 3.09. The molecule has 3 nitrogen and oxygen atoms in total. The minimum Gasteiger partial charge on any atom is -0.496 e. The Kier molecular flexibility index (Phi) is 5.67. The molecule has 0 radical (unpaired) electrons. The molecule has 2 rings (SSSR count). The van der Waals surface area contributed by atoms with Crippen molar-refractivity contribution in [2.24, 2.45) is 0 Å². The molecule has 2 aromatic rings. The van der Waals surface area contributed by atoms with Gasteiger partial charge in [0.2, 0.25) is 0 Å². The van der Waals surface area contributed by atoms with Crippen molar-refractivity contribution in [2.45, 2.75) is 19.4 Å². The van der Waals surface area contributed by atoms with Crippen molar-refractivity contribution in [3.63, 3.8) is 0 Å². The number of aliphatic hydroxyl groups excluding tert-OH is 1. The summed E-state index contributed by atoms with van der Waals surface area (Å²) < 4.78 is 12.7. The van der Waals surface area contributed by atoms with Gasteiger partial charge in [0.15, 0.2) is 0 Å². The quantitative estimate of drug-likeness (QED) is 0.704. The number of hydrogen-bond donors (Lipinski definition) is 1. The van der Waals surface area contributed by atoms with Crippen LogP contribution in [-0.4, -0.2) is 12.2 Å². The fourth-order valence-electron chi connectivity index (χ4n) is 1.87. The lowest BCUT2D eigenvalue weighted by atomic mass is 10.1. The van der Waals surface area contributed by atoms with Crippen molar-refractivity contribution in [1.82, 2.24) is 0 Å². The molecule has 5 heteroatoms. The van der Waals surface area contributed by atoms with Crippen molar-refractivity contribution in [2.75, 3.05) is 7.11 Å². The van der Waals surface area contributed by atoms with Gasteiger partial charge in [-0.15, -0.1) is 0 Å². The standard InChI is InChI=1S/C16H16Br2O3/c1-3-14(19)10-4-6-11(7-5-10)21-16-9-12(17)15(20-2)8-13(16)18/h4-9,14,19H,3H2,1-2H3. The van der Waals surface area contributed by atoms with Gasteiger partial charge in [-0.3, -0.25) is 0 Å². The fraction of sp³-hybridized carbons (Fsp3) is 0.250. The molecule has 112 valence electrons. The van der Waals surface area contributed by atoms with E-state index in [1.165, 1.54) is 0 Å². The maximum Gasteiger partial charge on any atom is 0.143 e. The molecule has 0 aliphatic rings. The molecule has 0 aliphatic heterocycles. The SMILES string of the molecule is CCC(O)c1ccc(Oc2cc(Br)c(OC)cc2Br)cc1. The smallest absolute Gasteiger partial charge is 0.143 e. The fourth-order valence-corrected chi connectivity index (χ4v) is 2.75. The van der Waals surface area contributed by atoms with E-state index in [0.29, 0.717) is 17.9 Å². The zero-order chi connectivity index (χ0) is 15.4. The van der Waals surface area contributed by atoms with E-state index in [0.717, 1.165) is 20.3 Å². The number of hydrogen-bond acceptors (Lipinski definition) is 3. The first-order chi connectivity index (χ1) is 10.0. The summed E-state index contributed by atoms with van der Waals surface area (Å²) in [7, 11) is 1.62. The Labute approximate surface area is 141 Å². The molecule has 0 amide bonds. The second-order valence-corrected chi connectivity index (χ2v) is 6.22. The topological polar surface area (TPSA) is 38.7 Å². The lowest BCUT2D eigenvalue weighted by Crippen LogP contribution is -1.95. The van der Waals surface area contributed by atoms with Crippen LogP contribution in [0, 0.1) is 0 Å². The second-order valence-electron chi connectivity index (χ2n) is 4.51. The van der Waals surface area contributed by atoms with Crippen LogP contribution in [0.25, 0.3) is 0 Å². The number of aliphatic hydroxyl groups is 1. The average molecular weight is 416 g/mol. The highest BCUT2D eigenvalue weighted by Gasteiger charge is 2.10. The highest BCUT2D eigenvalue weighted by molar-refractivity contribution is 9.11.